The molecule has 0 bridgehead atoms. The van der Waals surface area contributed by atoms with E-state index in [0.717, 1.165) is 12.4 Å². The molecule has 0 unspecified atom stereocenters. The SMILES string of the molecule is O=S(=O)(O)c1cccc(Nc2ncnc(F)n2)c1. The molecule has 7 nitrogen and oxygen atoms in total. The Labute approximate surface area is 101 Å². The summed E-state index contributed by atoms with van der Waals surface area (Å²) in [5, 5.41) is 2.58. The third-order valence-corrected chi connectivity index (χ3v) is 2.78. The smallest absolute Gasteiger partial charge is 0.313 e. The summed E-state index contributed by atoms with van der Waals surface area (Å²) in [6.07, 6.45) is 0.00976. The lowest BCUT2D eigenvalue weighted by Gasteiger charge is -2.05. The Morgan fingerprint density at radius 2 is 2.06 bits per heavy atom. The maximum atomic E-state index is 12.7. The molecule has 0 aliphatic heterocycles. The summed E-state index contributed by atoms with van der Waals surface area (Å²) in [5.41, 5.74) is 0.288. The van der Waals surface area contributed by atoms with E-state index in [-0.39, 0.29) is 16.5 Å². The molecule has 0 saturated heterocycles. The Morgan fingerprint density at radius 1 is 1.28 bits per heavy atom. The molecule has 94 valence electrons. The van der Waals surface area contributed by atoms with Gasteiger partial charge in [0.25, 0.3) is 10.1 Å². The normalized spacial score (nSPS) is 11.2. The summed E-state index contributed by atoms with van der Waals surface area (Å²) in [6.45, 7) is 0. The van der Waals surface area contributed by atoms with Gasteiger partial charge in [0.05, 0.1) is 4.90 Å². The van der Waals surface area contributed by atoms with Crippen LogP contribution >= 0.6 is 0 Å². The van der Waals surface area contributed by atoms with Crippen LogP contribution in [0.5, 0.6) is 0 Å². The van der Waals surface area contributed by atoms with E-state index in [4.69, 9.17) is 4.55 Å². The maximum Gasteiger partial charge on any atom is 0.313 e. The standard InChI is InChI=1S/C9H7FN4O3S/c10-8-11-5-12-9(14-8)13-6-2-1-3-7(4-6)18(15,16)17/h1-5H,(H,15,16,17)(H,11,12,13,14). The first-order chi connectivity index (χ1) is 8.45. The Bertz CT molecular complexity index is 677. The molecular formula is C9H7FN4O3S. The van der Waals surface area contributed by atoms with Crippen LogP contribution in [0.1, 0.15) is 0 Å². The molecule has 0 radical (unpaired) electrons. The minimum atomic E-state index is -4.29. The van der Waals surface area contributed by atoms with Crippen LogP contribution in [0.3, 0.4) is 0 Å². The van der Waals surface area contributed by atoms with Crippen LogP contribution in [-0.2, 0) is 10.1 Å². The van der Waals surface area contributed by atoms with Gasteiger partial charge < -0.3 is 5.32 Å². The van der Waals surface area contributed by atoms with Crippen LogP contribution in [0, 0.1) is 6.08 Å². The lowest BCUT2D eigenvalue weighted by Crippen LogP contribution is -2.02. The zero-order valence-electron chi connectivity index (χ0n) is 8.78. The number of hydrogen-bond donors (Lipinski definition) is 2. The second-order valence-electron chi connectivity index (χ2n) is 3.21. The van der Waals surface area contributed by atoms with E-state index in [9.17, 15) is 12.8 Å². The highest BCUT2D eigenvalue weighted by atomic mass is 32.2. The summed E-state index contributed by atoms with van der Waals surface area (Å²) in [7, 11) is -4.29. The van der Waals surface area contributed by atoms with Crippen molar-refractivity contribution < 1.29 is 17.4 Å². The zero-order valence-corrected chi connectivity index (χ0v) is 9.59. The fourth-order valence-corrected chi connectivity index (χ4v) is 1.73. The van der Waals surface area contributed by atoms with Gasteiger partial charge in [0.2, 0.25) is 5.95 Å². The number of rotatable bonds is 3. The Kier molecular flexibility index (Phi) is 3.17. The van der Waals surface area contributed by atoms with Crippen LogP contribution in [0.15, 0.2) is 35.5 Å². The molecule has 0 atom stereocenters. The molecule has 0 spiro atoms. The highest BCUT2D eigenvalue weighted by molar-refractivity contribution is 7.85. The van der Waals surface area contributed by atoms with Crippen LogP contribution in [0.4, 0.5) is 16.0 Å². The minimum Gasteiger partial charge on any atom is -0.324 e. The molecule has 1 heterocycles. The van der Waals surface area contributed by atoms with E-state index in [1.54, 1.807) is 0 Å². The monoisotopic (exact) mass is 270 g/mol. The van der Waals surface area contributed by atoms with Gasteiger partial charge in [0.1, 0.15) is 6.33 Å². The topological polar surface area (TPSA) is 105 Å². The summed E-state index contributed by atoms with van der Waals surface area (Å²) < 4.78 is 43.4. The van der Waals surface area contributed by atoms with Gasteiger partial charge in [-0.25, -0.2) is 4.98 Å². The Hall–Kier alpha value is -2.13. The van der Waals surface area contributed by atoms with Crippen molar-refractivity contribution in [2.45, 2.75) is 4.90 Å². The second kappa shape index (κ2) is 4.63. The summed E-state index contributed by atoms with van der Waals surface area (Å²) in [5.74, 6) is -0.0741. The summed E-state index contributed by atoms with van der Waals surface area (Å²) in [4.78, 5) is 9.87. The fourth-order valence-electron chi connectivity index (χ4n) is 1.20. The molecule has 0 aliphatic carbocycles. The Morgan fingerprint density at radius 3 is 2.72 bits per heavy atom. The molecular weight excluding hydrogens is 263 g/mol. The number of hydrogen-bond acceptors (Lipinski definition) is 6. The van der Waals surface area contributed by atoms with Crippen molar-refractivity contribution in [1.82, 2.24) is 15.0 Å². The molecule has 2 N–H and O–H groups in total. The van der Waals surface area contributed by atoms with Crippen molar-refractivity contribution in [2.24, 2.45) is 0 Å². The first-order valence-electron chi connectivity index (χ1n) is 4.64. The number of benzene rings is 1. The molecule has 2 aromatic rings. The predicted octanol–water partition coefficient (Wildman–Crippen LogP) is 1.00. The molecule has 2 rings (SSSR count). The third kappa shape index (κ3) is 2.96. The van der Waals surface area contributed by atoms with Gasteiger partial charge in [-0.2, -0.15) is 22.8 Å². The number of anilines is 2. The van der Waals surface area contributed by atoms with Crippen LogP contribution in [0.2, 0.25) is 0 Å². The van der Waals surface area contributed by atoms with E-state index < -0.39 is 16.2 Å². The minimum absolute atomic E-state index is 0.0741. The largest absolute Gasteiger partial charge is 0.324 e. The Balaban J connectivity index is 2.30. The van der Waals surface area contributed by atoms with E-state index in [0.29, 0.717) is 0 Å². The van der Waals surface area contributed by atoms with Gasteiger partial charge in [-0.15, -0.1) is 0 Å². The highest BCUT2D eigenvalue weighted by Crippen LogP contribution is 2.17. The van der Waals surface area contributed by atoms with Gasteiger partial charge in [-0.1, -0.05) is 6.07 Å². The van der Waals surface area contributed by atoms with Crippen molar-refractivity contribution in [3.8, 4) is 0 Å². The van der Waals surface area contributed by atoms with E-state index in [1.165, 1.54) is 18.2 Å². The lowest BCUT2D eigenvalue weighted by atomic mass is 10.3. The zero-order chi connectivity index (χ0) is 13.2. The van der Waals surface area contributed by atoms with Gasteiger partial charge >= 0.3 is 6.08 Å². The second-order valence-corrected chi connectivity index (χ2v) is 4.63. The average Bonchev–Trinajstić information content (AvgIpc) is 2.28. The van der Waals surface area contributed by atoms with Crippen molar-refractivity contribution in [2.75, 3.05) is 5.32 Å². The van der Waals surface area contributed by atoms with E-state index in [2.05, 4.69) is 20.3 Å². The van der Waals surface area contributed by atoms with Crippen LogP contribution in [-0.4, -0.2) is 27.9 Å². The molecule has 18 heavy (non-hydrogen) atoms. The van der Waals surface area contributed by atoms with Gasteiger partial charge in [-0.05, 0) is 18.2 Å². The van der Waals surface area contributed by atoms with Crippen LogP contribution < -0.4 is 5.32 Å². The number of nitrogens with one attached hydrogen (secondary N) is 1. The highest BCUT2D eigenvalue weighted by Gasteiger charge is 2.10. The van der Waals surface area contributed by atoms with Crippen molar-refractivity contribution in [3.05, 3.63) is 36.7 Å². The quantitative estimate of drug-likeness (QED) is 0.801. The number of nitrogens with zero attached hydrogens (tertiary/aromatic N) is 3. The van der Waals surface area contributed by atoms with Crippen molar-refractivity contribution in [1.29, 1.82) is 0 Å². The van der Waals surface area contributed by atoms with Gasteiger partial charge in [-0.3, -0.25) is 4.55 Å². The molecule has 1 aromatic heterocycles. The predicted molar refractivity (Wildman–Crippen MR) is 59.3 cm³/mol. The van der Waals surface area contributed by atoms with Crippen LogP contribution in [0.25, 0.3) is 0 Å². The van der Waals surface area contributed by atoms with Gasteiger partial charge in [0, 0.05) is 5.69 Å². The molecule has 0 saturated carbocycles. The third-order valence-electron chi connectivity index (χ3n) is 1.93. The van der Waals surface area contributed by atoms with E-state index >= 15 is 0 Å². The first kappa shape index (κ1) is 12.3. The molecule has 0 fully saturated rings. The van der Waals surface area contributed by atoms with Crippen molar-refractivity contribution >= 4 is 21.8 Å². The number of aromatic nitrogens is 3. The van der Waals surface area contributed by atoms with Gasteiger partial charge in [0.15, 0.2) is 0 Å². The summed E-state index contributed by atoms with van der Waals surface area (Å²) >= 11 is 0. The molecule has 0 amide bonds. The summed E-state index contributed by atoms with van der Waals surface area (Å²) in [6, 6.07) is 5.30. The van der Waals surface area contributed by atoms with Crippen molar-refractivity contribution in [3.63, 3.8) is 0 Å². The molecule has 1 aromatic carbocycles. The molecule has 0 aliphatic rings. The fraction of sp³-hybridized carbons (Fsp3) is 0. The maximum absolute atomic E-state index is 12.7. The number of halogens is 1. The van der Waals surface area contributed by atoms with E-state index in [1.807, 2.05) is 0 Å². The first-order valence-corrected chi connectivity index (χ1v) is 6.08. The average molecular weight is 270 g/mol. The molecule has 9 heteroatoms. The lowest BCUT2D eigenvalue weighted by molar-refractivity contribution is 0.483.